The van der Waals surface area contributed by atoms with Gasteiger partial charge < -0.3 is 9.84 Å². The predicted octanol–water partition coefficient (Wildman–Crippen LogP) is 3.24. The summed E-state index contributed by atoms with van der Waals surface area (Å²) in [5.74, 6) is 0.834. The average molecular weight is 322 g/mol. The lowest BCUT2D eigenvalue weighted by Crippen LogP contribution is -2.18. The minimum atomic E-state index is 0.0231. The van der Waals surface area contributed by atoms with Gasteiger partial charge in [0.2, 0.25) is 0 Å². The second-order valence-electron chi connectivity index (χ2n) is 5.88. The van der Waals surface area contributed by atoms with Gasteiger partial charge in [0.15, 0.2) is 0 Å². The quantitative estimate of drug-likeness (QED) is 0.725. The molecular formula is C20H22N2O2. The standard InChI is InChI=1S/C20H22N2O2/c1-22(15-18-5-2-3-7-20(18)24-12-11-23)14-16-8-9-19-17(13-16)6-4-10-21-19/h2-10,13,23H,11-12,14-15H2,1H3. The van der Waals surface area contributed by atoms with Crippen molar-refractivity contribution in [3.63, 3.8) is 0 Å². The van der Waals surface area contributed by atoms with Crippen molar-refractivity contribution in [3.8, 4) is 5.75 Å². The van der Waals surface area contributed by atoms with Gasteiger partial charge in [-0.05, 0) is 36.9 Å². The molecule has 0 unspecified atom stereocenters. The summed E-state index contributed by atoms with van der Waals surface area (Å²) in [5.41, 5.74) is 3.40. The number of aliphatic hydroxyl groups excluding tert-OH is 1. The van der Waals surface area contributed by atoms with Crippen LogP contribution in [0.2, 0.25) is 0 Å². The summed E-state index contributed by atoms with van der Waals surface area (Å²) in [6.45, 7) is 1.97. The fourth-order valence-corrected chi connectivity index (χ4v) is 2.81. The normalized spacial score (nSPS) is 11.1. The van der Waals surface area contributed by atoms with E-state index in [1.165, 1.54) is 5.56 Å². The number of para-hydroxylation sites is 1. The zero-order chi connectivity index (χ0) is 16.8. The van der Waals surface area contributed by atoms with Gasteiger partial charge >= 0.3 is 0 Å². The van der Waals surface area contributed by atoms with Crippen molar-refractivity contribution in [1.82, 2.24) is 9.88 Å². The summed E-state index contributed by atoms with van der Waals surface area (Å²) in [4.78, 5) is 6.61. The predicted molar refractivity (Wildman–Crippen MR) is 95.9 cm³/mol. The van der Waals surface area contributed by atoms with Gasteiger partial charge in [-0.25, -0.2) is 0 Å². The molecule has 0 amide bonds. The third-order valence-corrected chi connectivity index (χ3v) is 3.88. The van der Waals surface area contributed by atoms with Crippen LogP contribution < -0.4 is 4.74 Å². The minimum absolute atomic E-state index is 0.0231. The van der Waals surface area contributed by atoms with E-state index in [0.717, 1.165) is 35.3 Å². The van der Waals surface area contributed by atoms with Gasteiger partial charge in [0, 0.05) is 30.2 Å². The van der Waals surface area contributed by atoms with E-state index in [2.05, 4.69) is 47.3 Å². The molecule has 0 atom stereocenters. The molecule has 1 heterocycles. The summed E-state index contributed by atoms with van der Waals surface area (Å²) in [7, 11) is 2.09. The van der Waals surface area contributed by atoms with Crippen LogP contribution in [0.1, 0.15) is 11.1 Å². The second kappa shape index (κ2) is 7.90. The fourth-order valence-electron chi connectivity index (χ4n) is 2.81. The number of hydrogen-bond donors (Lipinski definition) is 1. The Hall–Kier alpha value is -2.43. The first-order valence-corrected chi connectivity index (χ1v) is 8.10. The van der Waals surface area contributed by atoms with Crippen LogP contribution >= 0.6 is 0 Å². The van der Waals surface area contributed by atoms with Gasteiger partial charge in [-0.3, -0.25) is 9.88 Å². The average Bonchev–Trinajstić information content (AvgIpc) is 2.61. The van der Waals surface area contributed by atoms with Crippen molar-refractivity contribution in [2.75, 3.05) is 20.3 Å². The molecule has 3 aromatic rings. The Kier molecular flexibility index (Phi) is 5.41. The number of aromatic nitrogens is 1. The van der Waals surface area contributed by atoms with E-state index >= 15 is 0 Å². The molecule has 4 heteroatoms. The van der Waals surface area contributed by atoms with Crippen LogP contribution in [0, 0.1) is 0 Å². The minimum Gasteiger partial charge on any atom is -0.491 e. The lowest BCUT2D eigenvalue weighted by molar-refractivity contribution is 0.198. The first-order chi connectivity index (χ1) is 11.8. The molecule has 124 valence electrons. The smallest absolute Gasteiger partial charge is 0.123 e. The number of fused-ring (bicyclic) bond motifs is 1. The topological polar surface area (TPSA) is 45.6 Å². The van der Waals surface area contributed by atoms with E-state index in [-0.39, 0.29) is 6.61 Å². The molecule has 0 bridgehead atoms. The van der Waals surface area contributed by atoms with Crippen LogP contribution in [0.3, 0.4) is 0 Å². The molecule has 0 aliphatic rings. The molecule has 2 aromatic carbocycles. The molecule has 0 spiro atoms. The van der Waals surface area contributed by atoms with Gasteiger partial charge in [0.05, 0.1) is 12.1 Å². The Labute approximate surface area is 142 Å². The third-order valence-electron chi connectivity index (χ3n) is 3.88. The van der Waals surface area contributed by atoms with Crippen LogP contribution in [0.15, 0.2) is 60.8 Å². The highest BCUT2D eigenvalue weighted by molar-refractivity contribution is 5.78. The van der Waals surface area contributed by atoms with Gasteiger partial charge in [-0.1, -0.05) is 30.3 Å². The van der Waals surface area contributed by atoms with Crippen LogP contribution in [0.25, 0.3) is 10.9 Å². The Balaban J connectivity index is 1.69. The third kappa shape index (κ3) is 4.10. The molecule has 0 saturated carbocycles. The highest BCUT2D eigenvalue weighted by atomic mass is 16.5. The van der Waals surface area contributed by atoms with Gasteiger partial charge in [-0.2, -0.15) is 0 Å². The van der Waals surface area contributed by atoms with Crippen LogP contribution in [-0.4, -0.2) is 35.3 Å². The van der Waals surface area contributed by atoms with E-state index in [1.807, 2.05) is 30.5 Å². The number of aliphatic hydroxyl groups is 1. The Bertz CT molecular complexity index is 804. The maximum Gasteiger partial charge on any atom is 0.123 e. The first-order valence-electron chi connectivity index (χ1n) is 8.10. The SMILES string of the molecule is CN(Cc1ccc2ncccc2c1)Cc1ccccc1OCCO. The molecule has 0 radical (unpaired) electrons. The fraction of sp³-hybridized carbons (Fsp3) is 0.250. The van der Waals surface area contributed by atoms with Gasteiger partial charge in [0.1, 0.15) is 12.4 Å². The zero-order valence-electron chi connectivity index (χ0n) is 13.9. The monoisotopic (exact) mass is 322 g/mol. The summed E-state index contributed by atoms with van der Waals surface area (Å²) in [6, 6.07) is 18.4. The number of ether oxygens (including phenoxy) is 1. The molecule has 0 saturated heterocycles. The molecular weight excluding hydrogens is 300 g/mol. The number of rotatable bonds is 7. The summed E-state index contributed by atoms with van der Waals surface area (Å²) < 4.78 is 5.61. The second-order valence-corrected chi connectivity index (χ2v) is 5.88. The highest BCUT2D eigenvalue weighted by Crippen LogP contribution is 2.21. The summed E-state index contributed by atoms with van der Waals surface area (Å²) in [5, 5.41) is 10.1. The van der Waals surface area contributed by atoms with Gasteiger partial charge in [-0.15, -0.1) is 0 Å². The van der Waals surface area contributed by atoms with Crippen molar-refractivity contribution < 1.29 is 9.84 Å². The molecule has 1 N–H and O–H groups in total. The molecule has 3 rings (SSSR count). The lowest BCUT2D eigenvalue weighted by atomic mass is 10.1. The first kappa shape index (κ1) is 16.4. The van der Waals surface area contributed by atoms with Crippen molar-refractivity contribution in [2.45, 2.75) is 13.1 Å². The molecule has 1 aromatic heterocycles. The number of pyridine rings is 1. The Morgan fingerprint density at radius 2 is 1.92 bits per heavy atom. The molecule has 0 aliphatic heterocycles. The van der Waals surface area contributed by atoms with Crippen molar-refractivity contribution >= 4 is 10.9 Å². The molecule has 0 aliphatic carbocycles. The molecule has 4 nitrogen and oxygen atoms in total. The number of nitrogens with zero attached hydrogens (tertiary/aromatic N) is 2. The Morgan fingerprint density at radius 3 is 2.79 bits per heavy atom. The largest absolute Gasteiger partial charge is 0.491 e. The number of benzene rings is 2. The van der Waals surface area contributed by atoms with Crippen molar-refractivity contribution in [1.29, 1.82) is 0 Å². The van der Waals surface area contributed by atoms with Crippen LogP contribution in [0.5, 0.6) is 5.75 Å². The van der Waals surface area contributed by atoms with E-state index in [4.69, 9.17) is 9.84 Å². The van der Waals surface area contributed by atoms with Crippen molar-refractivity contribution in [2.24, 2.45) is 0 Å². The maximum absolute atomic E-state index is 8.94. The van der Waals surface area contributed by atoms with E-state index < -0.39 is 0 Å². The van der Waals surface area contributed by atoms with Crippen LogP contribution in [0.4, 0.5) is 0 Å². The summed E-state index contributed by atoms with van der Waals surface area (Å²) >= 11 is 0. The maximum atomic E-state index is 8.94. The van der Waals surface area contributed by atoms with E-state index in [9.17, 15) is 0 Å². The Morgan fingerprint density at radius 1 is 1.04 bits per heavy atom. The van der Waals surface area contributed by atoms with Gasteiger partial charge in [0.25, 0.3) is 0 Å². The lowest BCUT2D eigenvalue weighted by Gasteiger charge is -2.19. The number of hydrogen-bond acceptors (Lipinski definition) is 4. The molecule has 24 heavy (non-hydrogen) atoms. The highest BCUT2D eigenvalue weighted by Gasteiger charge is 2.07. The summed E-state index contributed by atoms with van der Waals surface area (Å²) in [6.07, 6.45) is 1.82. The molecule has 0 fully saturated rings. The van der Waals surface area contributed by atoms with E-state index in [1.54, 1.807) is 0 Å². The zero-order valence-corrected chi connectivity index (χ0v) is 13.9. The van der Waals surface area contributed by atoms with Crippen molar-refractivity contribution in [3.05, 3.63) is 71.9 Å². The van der Waals surface area contributed by atoms with Crippen LogP contribution in [-0.2, 0) is 13.1 Å². The van der Waals surface area contributed by atoms with E-state index in [0.29, 0.717) is 6.61 Å².